The van der Waals surface area contributed by atoms with Crippen LogP contribution in [0.2, 0.25) is 0 Å². The van der Waals surface area contributed by atoms with Gasteiger partial charge in [0, 0.05) is 54.1 Å². The molecule has 0 unspecified atom stereocenters. The zero-order valence-electron chi connectivity index (χ0n) is 28.3. The number of benzene rings is 7. The standard InChI is InChI=1S/C47H31BrN4/c1-30-12-9-13-31(26-30)41-29-42(32-14-10-16-34(48)27-32)50-47(49-41)33-15-11-19-36(28-33)52-44-23-8-6-21-38(44)40-25-24-39-37-20-5-7-22-43(37)51(45(39)46(40)52)35-17-3-2-4-18-35/h2-29H,1H3. The van der Waals surface area contributed by atoms with E-state index in [1.54, 1.807) is 0 Å². The predicted octanol–water partition coefficient (Wildman–Crippen LogP) is 12.7. The monoisotopic (exact) mass is 730 g/mol. The SMILES string of the molecule is Cc1cccc(-c2cc(-c3cccc(Br)c3)nc(-c3cccc(-n4c5ccccc5c5ccc6c7ccccc7n(-c7ccccc7)c6c54)c3)n2)c1. The largest absolute Gasteiger partial charge is 0.307 e. The molecule has 0 amide bonds. The summed E-state index contributed by atoms with van der Waals surface area (Å²) in [7, 11) is 0. The summed E-state index contributed by atoms with van der Waals surface area (Å²) >= 11 is 3.67. The molecule has 10 rings (SSSR count). The van der Waals surface area contributed by atoms with Gasteiger partial charge in [0.25, 0.3) is 0 Å². The topological polar surface area (TPSA) is 35.6 Å². The molecule has 0 saturated carbocycles. The molecule has 3 aromatic heterocycles. The van der Waals surface area contributed by atoms with Crippen molar-refractivity contribution in [1.29, 1.82) is 0 Å². The van der Waals surface area contributed by atoms with Crippen molar-refractivity contribution < 1.29 is 0 Å². The van der Waals surface area contributed by atoms with Crippen LogP contribution in [0.15, 0.2) is 174 Å². The first kappa shape index (κ1) is 30.5. The van der Waals surface area contributed by atoms with Gasteiger partial charge in [-0.3, -0.25) is 0 Å². The van der Waals surface area contributed by atoms with Gasteiger partial charge in [-0.05, 0) is 67.6 Å². The molecule has 0 spiro atoms. The second kappa shape index (κ2) is 12.2. The normalized spacial score (nSPS) is 11.7. The molecule has 0 N–H and O–H groups in total. The molecule has 0 aliphatic rings. The Labute approximate surface area is 309 Å². The van der Waals surface area contributed by atoms with E-state index in [1.807, 2.05) is 12.1 Å². The van der Waals surface area contributed by atoms with Crippen LogP contribution in [-0.2, 0) is 0 Å². The molecule has 5 heteroatoms. The van der Waals surface area contributed by atoms with Gasteiger partial charge in [0.05, 0.1) is 33.5 Å². The Bertz CT molecular complexity index is 2930. The minimum atomic E-state index is 0.681. The van der Waals surface area contributed by atoms with E-state index in [-0.39, 0.29) is 0 Å². The molecule has 52 heavy (non-hydrogen) atoms. The van der Waals surface area contributed by atoms with E-state index in [2.05, 4.69) is 190 Å². The van der Waals surface area contributed by atoms with Crippen molar-refractivity contribution in [3.63, 3.8) is 0 Å². The molecule has 3 heterocycles. The van der Waals surface area contributed by atoms with Gasteiger partial charge >= 0.3 is 0 Å². The van der Waals surface area contributed by atoms with Crippen molar-refractivity contribution >= 4 is 59.5 Å². The first-order chi connectivity index (χ1) is 25.6. The van der Waals surface area contributed by atoms with Crippen molar-refractivity contribution in [3.05, 3.63) is 180 Å². The molecule has 7 aromatic carbocycles. The molecule has 0 aliphatic heterocycles. The maximum Gasteiger partial charge on any atom is 0.160 e. The van der Waals surface area contributed by atoms with Crippen LogP contribution in [0.25, 0.3) is 88.9 Å². The lowest BCUT2D eigenvalue weighted by molar-refractivity contribution is 1.14. The van der Waals surface area contributed by atoms with Crippen LogP contribution in [0.4, 0.5) is 0 Å². The number of fused-ring (bicyclic) bond motifs is 7. The second-order valence-electron chi connectivity index (χ2n) is 13.3. The van der Waals surface area contributed by atoms with Crippen LogP contribution in [0.3, 0.4) is 0 Å². The van der Waals surface area contributed by atoms with Crippen LogP contribution in [0, 0.1) is 6.92 Å². The number of hydrogen-bond acceptors (Lipinski definition) is 2. The highest BCUT2D eigenvalue weighted by molar-refractivity contribution is 9.10. The third-order valence-corrected chi connectivity index (χ3v) is 10.5. The van der Waals surface area contributed by atoms with Crippen molar-refractivity contribution in [1.82, 2.24) is 19.1 Å². The minimum Gasteiger partial charge on any atom is -0.307 e. The molecular weight excluding hydrogens is 700 g/mol. The number of halogens is 1. The summed E-state index contributed by atoms with van der Waals surface area (Å²) in [5.41, 5.74) is 12.9. The first-order valence-electron chi connectivity index (χ1n) is 17.4. The van der Waals surface area contributed by atoms with Crippen LogP contribution in [0.5, 0.6) is 0 Å². The number of hydrogen-bond donors (Lipinski definition) is 0. The molecule has 0 fully saturated rings. The first-order valence-corrected chi connectivity index (χ1v) is 18.2. The Hall–Kier alpha value is -6.30. The van der Waals surface area contributed by atoms with Gasteiger partial charge in [-0.2, -0.15) is 0 Å². The van der Waals surface area contributed by atoms with E-state index in [4.69, 9.17) is 9.97 Å². The zero-order valence-corrected chi connectivity index (χ0v) is 29.9. The molecule has 0 atom stereocenters. The number of rotatable bonds is 5. The third kappa shape index (κ3) is 4.96. The average Bonchev–Trinajstić information content (AvgIpc) is 3.71. The minimum absolute atomic E-state index is 0.681. The number of nitrogens with zero attached hydrogens (tertiary/aromatic N) is 4. The highest BCUT2D eigenvalue weighted by Crippen LogP contribution is 2.42. The van der Waals surface area contributed by atoms with Crippen LogP contribution in [0.1, 0.15) is 5.56 Å². The van der Waals surface area contributed by atoms with E-state index in [0.29, 0.717) is 5.82 Å². The fourth-order valence-electron chi connectivity index (χ4n) is 7.72. The van der Waals surface area contributed by atoms with Gasteiger partial charge in [0.2, 0.25) is 0 Å². The maximum absolute atomic E-state index is 5.21. The van der Waals surface area contributed by atoms with E-state index in [0.717, 1.165) is 49.4 Å². The summed E-state index contributed by atoms with van der Waals surface area (Å²) in [6.07, 6.45) is 0. The molecule has 4 nitrogen and oxygen atoms in total. The predicted molar refractivity (Wildman–Crippen MR) is 219 cm³/mol. The lowest BCUT2D eigenvalue weighted by Crippen LogP contribution is -2.00. The summed E-state index contributed by atoms with van der Waals surface area (Å²) in [5.74, 6) is 0.681. The van der Waals surface area contributed by atoms with Crippen molar-refractivity contribution in [2.24, 2.45) is 0 Å². The molecule has 0 saturated heterocycles. The fourth-order valence-corrected chi connectivity index (χ4v) is 8.12. The summed E-state index contributed by atoms with van der Waals surface area (Å²) in [4.78, 5) is 10.4. The van der Waals surface area contributed by atoms with Gasteiger partial charge in [-0.1, -0.05) is 131 Å². The smallest absolute Gasteiger partial charge is 0.160 e. The summed E-state index contributed by atoms with van der Waals surface area (Å²) in [5, 5.41) is 4.88. The average molecular weight is 732 g/mol. The Morgan fingerprint density at radius 1 is 0.423 bits per heavy atom. The summed E-state index contributed by atoms with van der Waals surface area (Å²) in [6.45, 7) is 2.12. The van der Waals surface area contributed by atoms with Crippen molar-refractivity contribution in [2.45, 2.75) is 6.92 Å². The highest BCUT2D eigenvalue weighted by Gasteiger charge is 2.21. The number of para-hydroxylation sites is 3. The van der Waals surface area contributed by atoms with E-state index in [9.17, 15) is 0 Å². The molecule has 0 bridgehead atoms. The number of aromatic nitrogens is 4. The van der Waals surface area contributed by atoms with Crippen molar-refractivity contribution in [3.8, 4) is 45.3 Å². The van der Waals surface area contributed by atoms with Crippen LogP contribution in [-0.4, -0.2) is 19.1 Å². The third-order valence-electron chi connectivity index (χ3n) is 10.0. The van der Waals surface area contributed by atoms with Crippen LogP contribution >= 0.6 is 15.9 Å². The van der Waals surface area contributed by atoms with E-state index >= 15 is 0 Å². The Morgan fingerprint density at radius 3 is 1.62 bits per heavy atom. The van der Waals surface area contributed by atoms with Crippen LogP contribution < -0.4 is 0 Å². The van der Waals surface area contributed by atoms with Gasteiger partial charge < -0.3 is 9.13 Å². The molecular formula is C47H31BrN4. The molecule has 0 radical (unpaired) electrons. The Balaban J connectivity index is 1.26. The van der Waals surface area contributed by atoms with E-state index in [1.165, 1.54) is 43.7 Å². The zero-order chi connectivity index (χ0) is 34.8. The Kier molecular flexibility index (Phi) is 7.15. The van der Waals surface area contributed by atoms with Gasteiger partial charge in [0.15, 0.2) is 5.82 Å². The molecule has 0 aliphatic carbocycles. The quantitative estimate of drug-likeness (QED) is 0.177. The molecule has 10 aromatic rings. The highest BCUT2D eigenvalue weighted by atomic mass is 79.9. The maximum atomic E-state index is 5.21. The molecule has 246 valence electrons. The summed E-state index contributed by atoms with van der Waals surface area (Å²) in [6, 6.07) is 60.3. The number of aryl methyl sites for hydroxylation is 1. The van der Waals surface area contributed by atoms with Crippen molar-refractivity contribution in [2.75, 3.05) is 0 Å². The Morgan fingerprint density at radius 2 is 0.962 bits per heavy atom. The van der Waals surface area contributed by atoms with E-state index < -0.39 is 0 Å². The van der Waals surface area contributed by atoms with Gasteiger partial charge in [-0.25, -0.2) is 9.97 Å². The second-order valence-corrected chi connectivity index (χ2v) is 14.2. The van der Waals surface area contributed by atoms with Gasteiger partial charge in [-0.15, -0.1) is 0 Å². The lowest BCUT2D eigenvalue weighted by Gasteiger charge is -2.14. The summed E-state index contributed by atoms with van der Waals surface area (Å²) < 4.78 is 5.86. The fraction of sp³-hybridized carbons (Fsp3) is 0.0213. The van der Waals surface area contributed by atoms with Gasteiger partial charge in [0.1, 0.15) is 0 Å². The lowest BCUT2D eigenvalue weighted by atomic mass is 10.0.